The molecule has 0 heterocycles. The normalized spacial score (nSPS) is 11.7. The molecule has 1 amide bonds. The zero-order valence-electron chi connectivity index (χ0n) is 11.9. The molecule has 20 heavy (non-hydrogen) atoms. The Balaban J connectivity index is 2.91. The first-order valence-corrected chi connectivity index (χ1v) is 8.93. The Hall–Kier alpha value is -1.07. The third kappa shape index (κ3) is 4.80. The van der Waals surface area contributed by atoms with E-state index in [1.54, 1.807) is 13.0 Å². The zero-order valence-corrected chi connectivity index (χ0v) is 13.5. The maximum Gasteiger partial charge on any atom is 0.261 e. The average molecular weight is 318 g/mol. The highest BCUT2D eigenvalue weighted by Crippen LogP contribution is 2.19. The molecule has 1 aromatic carbocycles. The molecule has 0 aromatic heterocycles. The van der Waals surface area contributed by atoms with Crippen LogP contribution in [0.3, 0.4) is 0 Å². The lowest BCUT2D eigenvalue weighted by Crippen LogP contribution is -2.29. The van der Waals surface area contributed by atoms with E-state index >= 15 is 0 Å². The summed E-state index contributed by atoms with van der Waals surface area (Å²) in [5.74, 6) is 0.155. The Kier molecular flexibility index (Phi) is 6.02. The van der Waals surface area contributed by atoms with Crippen LogP contribution in [0.25, 0.3) is 0 Å². The molecule has 0 atom stereocenters. The number of carbonyl (C=O) groups excluding carboxylic acids is 1. The van der Waals surface area contributed by atoms with Gasteiger partial charge >= 0.3 is 0 Å². The van der Waals surface area contributed by atoms with Crippen LogP contribution in [0.5, 0.6) is 0 Å². The molecule has 0 saturated carbocycles. The lowest BCUT2D eigenvalue weighted by Gasteiger charge is -2.13. The van der Waals surface area contributed by atoms with Crippen LogP contribution in [-0.2, 0) is 9.05 Å². The van der Waals surface area contributed by atoms with Gasteiger partial charge in [0.25, 0.3) is 15.0 Å². The van der Waals surface area contributed by atoms with Crippen molar-refractivity contribution in [2.75, 3.05) is 6.54 Å². The number of rotatable bonds is 6. The predicted molar refractivity (Wildman–Crippen MR) is 80.6 cm³/mol. The molecule has 0 spiro atoms. The number of aryl methyl sites for hydroxylation is 1. The first-order valence-electron chi connectivity index (χ1n) is 6.62. The monoisotopic (exact) mass is 317 g/mol. The largest absolute Gasteiger partial charge is 0.352 e. The summed E-state index contributed by atoms with van der Waals surface area (Å²) < 4.78 is 22.7. The molecular formula is C14H20ClNO3S. The Bertz CT molecular complexity index is 580. The lowest BCUT2D eigenvalue weighted by molar-refractivity contribution is 0.0946. The number of halogens is 1. The number of benzene rings is 1. The van der Waals surface area contributed by atoms with Crippen molar-refractivity contribution < 1.29 is 13.2 Å². The van der Waals surface area contributed by atoms with Gasteiger partial charge in [-0.2, -0.15) is 0 Å². The summed E-state index contributed by atoms with van der Waals surface area (Å²) in [7, 11) is 1.49. The Labute approximate surface area is 124 Å². The van der Waals surface area contributed by atoms with Gasteiger partial charge in [0.2, 0.25) is 0 Å². The summed E-state index contributed by atoms with van der Waals surface area (Å²) in [6.45, 7) is 6.46. The summed E-state index contributed by atoms with van der Waals surface area (Å²) in [4.78, 5) is 12.0. The van der Waals surface area contributed by atoms with Gasteiger partial charge in [-0.3, -0.25) is 4.79 Å². The van der Waals surface area contributed by atoms with Crippen LogP contribution in [0.1, 0.15) is 42.6 Å². The van der Waals surface area contributed by atoms with Gasteiger partial charge in [0, 0.05) is 22.8 Å². The highest BCUT2D eigenvalue weighted by molar-refractivity contribution is 8.13. The molecule has 0 aliphatic carbocycles. The highest BCUT2D eigenvalue weighted by atomic mass is 35.7. The van der Waals surface area contributed by atoms with Crippen molar-refractivity contribution >= 4 is 25.6 Å². The zero-order chi connectivity index (χ0) is 15.3. The standard InChI is InChI=1S/C14H20ClNO3S/c1-4-11(5-2)9-16-14(17)12-6-10(3)7-13(8-12)20(15,18)19/h6-8,11H,4-5,9H2,1-3H3,(H,16,17). The summed E-state index contributed by atoms with van der Waals surface area (Å²) in [5.41, 5.74) is 0.995. The Morgan fingerprint density at radius 2 is 1.85 bits per heavy atom. The Morgan fingerprint density at radius 3 is 2.35 bits per heavy atom. The van der Waals surface area contributed by atoms with Crippen LogP contribution in [0.15, 0.2) is 23.1 Å². The minimum absolute atomic E-state index is 0.0492. The fourth-order valence-electron chi connectivity index (χ4n) is 1.94. The number of hydrogen-bond acceptors (Lipinski definition) is 3. The van der Waals surface area contributed by atoms with E-state index in [1.165, 1.54) is 12.1 Å². The summed E-state index contributed by atoms with van der Waals surface area (Å²) in [6.07, 6.45) is 1.98. The molecule has 0 aliphatic heterocycles. The molecule has 0 unspecified atom stereocenters. The number of carbonyl (C=O) groups is 1. The minimum Gasteiger partial charge on any atom is -0.352 e. The molecule has 6 heteroatoms. The SMILES string of the molecule is CCC(CC)CNC(=O)c1cc(C)cc(S(=O)(=O)Cl)c1. The second-order valence-corrected chi connectivity index (χ2v) is 7.43. The highest BCUT2D eigenvalue weighted by Gasteiger charge is 2.15. The molecule has 0 radical (unpaired) electrons. The third-order valence-corrected chi connectivity index (χ3v) is 4.63. The van der Waals surface area contributed by atoms with E-state index in [1.807, 2.05) is 0 Å². The molecule has 112 valence electrons. The van der Waals surface area contributed by atoms with Gasteiger partial charge < -0.3 is 5.32 Å². The summed E-state index contributed by atoms with van der Waals surface area (Å²) in [6, 6.07) is 4.39. The van der Waals surface area contributed by atoms with Crippen LogP contribution in [0, 0.1) is 12.8 Å². The van der Waals surface area contributed by atoms with Crippen molar-refractivity contribution in [2.45, 2.75) is 38.5 Å². The van der Waals surface area contributed by atoms with Crippen molar-refractivity contribution in [3.05, 3.63) is 29.3 Å². The molecule has 1 aromatic rings. The van der Waals surface area contributed by atoms with Crippen LogP contribution < -0.4 is 5.32 Å². The van der Waals surface area contributed by atoms with Crippen molar-refractivity contribution in [1.82, 2.24) is 5.32 Å². The number of hydrogen-bond donors (Lipinski definition) is 1. The second-order valence-electron chi connectivity index (χ2n) is 4.87. The van der Waals surface area contributed by atoms with Crippen molar-refractivity contribution in [3.8, 4) is 0 Å². The molecule has 1 rings (SSSR count). The van der Waals surface area contributed by atoms with Gasteiger partial charge in [-0.1, -0.05) is 26.7 Å². The van der Waals surface area contributed by atoms with Crippen LogP contribution in [-0.4, -0.2) is 20.9 Å². The molecule has 0 aliphatic rings. The smallest absolute Gasteiger partial charge is 0.261 e. The van der Waals surface area contributed by atoms with Crippen LogP contribution in [0.2, 0.25) is 0 Å². The maximum absolute atomic E-state index is 12.1. The van der Waals surface area contributed by atoms with E-state index < -0.39 is 9.05 Å². The topological polar surface area (TPSA) is 63.2 Å². The van der Waals surface area contributed by atoms with Gasteiger partial charge in [0.05, 0.1) is 4.90 Å². The van der Waals surface area contributed by atoms with Crippen molar-refractivity contribution in [2.24, 2.45) is 5.92 Å². The Morgan fingerprint density at radius 1 is 1.25 bits per heavy atom. The maximum atomic E-state index is 12.1. The second kappa shape index (κ2) is 7.09. The quantitative estimate of drug-likeness (QED) is 0.820. The number of amides is 1. The van der Waals surface area contributed by atoms with Gasteiger partial charge in [-0.15, -0.1) is 0 Å². The van der Waals surface area contributed by atoms with Crippen molar-refractivity contribution in [3.63, 3.8) is 0 Å². The van der Waals surface area contributed by atoms with E-state index in [-0.39, 0.29) is 10.8 Å². The van der Waals surface area contributed by atoms with E-state index in [2.05, 4.69) is 19.2 Å². The summed E-state index contributed by atoms with van der Waals surface area (Å²) in [5, 5.41) is 2.83. The molecule has 0 saturated heterocycles. The molecule has 4 nitrogen and oxygen atoms in total. The van der Waals surface area contributed by atoms with Crippen molar-refractivity contribution in [1.29, 1.82) is 0 Å². The van der Waals surface area contributed by atoms with Gasteiger partial charge in [0.15, 0.2) is 0 Å². The first-order chi connectivity index (χ1) is 9.27. The number of nitrogens with one attached hydrogen (secondary N) is 1. The third-order valence-electron chi connectivity index (χ3n) is 3.30. The predicted octanol–water partition coefficient (Wildman–Crippen LogP) is 3.09. The first kappa shape index (κ1) is 17.0. The lowest BCUT2D eigenvalue weighted by atomic mass is 10.0. The average Bonchev–Trinajstić information content (AvgIpc) is 2.38. The van der Waals surface area contributed by atoms with Gasteiger partial charge in [-0.05, 0) is 36.6 Å². The minimum atomic E-state index is -3.83. The fourth-order valence-corrected chi connectivity index (χ4v) is 2.80. The summed E-state index contributed by atoms with van der Waals surface area (Å²) >= 11 is 0. The van der Waals surface area contributed by atoms with Gasteiger partial charge in [-0.25, -0.2) is 8.42 Å². The molecular weight excluding hydrogens is 298 g/mol. The van der Waals surface area contributed by atoms with Crippen LogP contribution >= 0.6 is 10.7 Å². The van der Waals surface area contributed by atoms with E-state index in [9.17, 15) is 13.2 Å². The van der Waals surface area contributed by atoms with E-state index in [0.29, 0.717) is 23.6 Å². The molecule has 1 N–H and O–H groups in total. The van der Waals surface area contributed by atoms with Crippen LogP contribution in [0.4, 0.5) is 0 Å². The fraction of sp³-hybridized carbons (Fsp3) is 0.500. The van der Waals surface area contributed by atoms with E-state index in [4.69, 9.17) is 10.7 Å². The molecule has 0 fully saturated rings. The van der Waals surface area contributed by atoms with Gasteiger partial charge in [0.1, 0.15) is 0 Å². The molecule has 0 bridgehead atoms. The van der Waals surface area contributed by atoms with E-state index in [0.717, 1.165) is 12.8 Å².